The number of likely N-dealkylation sites (tertiary alicyclic amines) is 1. The highest BCUT2D eigenvalue weighted by Gasteiger charge is 2.45. The number of rotatable bonds is 2. The normalized spacial score (nSPS) is 28.6. The zero-order valence-electron chi connectivity index (χ0n) is 14.6. The van der Waals surface area contributed by atoms with Crippen LogP contribution in [0.15, 0.2) is 12.1 Å². The summed E-state index contributed by atoms with van der Waals surface area (Å²) in [5.41, 5.74) is 2.21. The van der Waals surface area contributed by atoms with Crippen molar-refractivity contribution < 1.29 is 9.53 Å². The summed E-state index contributed by atoms with van der Waals surface area (Å²) in [4.78, 5) is 22.2. The fourth-order valence-electron chi connectivity index (χ4n) is 4.74. The lowest BCUT2D eigenvalue weighted by Gasteiger charge is -2.28. The fraction of sp³-hybridized carbons (Fsp3) is 0.579. The van der Waals surface area contributed by atoms with Crippen molar-refractivity contribution in [3.63, 3.8) is 0 Å². The van der Waals surface area contributed by atoms with Crippen molar-refractivity contribution in [1.29, 1.82) is 0 Å². The Kier molecular flexibility index (Phi) is 3.26. The molecule has 3 fully saturated rings. The molecule has 6 rings (SSSR count). The number of nitrogens with one attached hydrogen (secondary N) is 1. The SMILES string of the molecule is O=C1NC2CCCN(C3CC3)CC2N1c1nc2c3c(ccc2s1)OCC3. The molecule has 7 heteroatoms. The van der Waals surface area contributed by atoms with Crippen LogP contribution in [0.3, 0.4) is 0 Å². The number of fused-ring (bicyclic) bond motifs is 4. The van der Waals surface area contributed by atoms with Gasteiger partial charge in [0, 0.05) is 24.6 Å². The number of carbonyl (C=O) groups is 1. The Morgan fingerprint density at radius 1 is 1.27 bits per heavy atom. The van der Waals surface area contributed by atoms with Crippen molar-refractivity contribution in [2.24, 2.45) is 0 Å². The molecule has 1 saturated carbocycles. The van der Waals surface area contributed by atoms with E-state index in [4.69, 9.17) is 9.72 Å². The summed E-state index contributed by atoms with van der Waals surface area (Å²) < 4.78 is 6.82. The van der Waals surface area contributed by atoms with E-state index in [1.54, 1.807) is 11.3 Å². The molecule has 6 nitrogen and oxygen atoms in total. The average molecular weight is 370 g/mol. The van der Waals surface area contributed by atoms with Gasteiger partial charge in [0.2, 0.25) is 0 Å². The van der Waals surface area contributed by atoms with Crippen LogP contribution in [0.5, 0.6) is 5.75 Å². The third-order valence-electron chi connectivity index (χ3n) is 6.20. The molecule has 1 aromatic carbocycles. The van der Waals surface area contributed by atoms with Crippen LogP contribution in [0.4, 0.5) is 9.93 Å². The topological polar surface area (TPSA) is 57.7 Å². The second-order valence-corrected chi connectivity index (χ2v) is 8.85. The van der Waals surface area contributed by atoms with E-state index in [1.807, 2.05) is 11.0 Å². The van der Waals surface area contributed by atoms with Gasteiger partial charge in [0.25, 0.3) is 0 Å². The second kappa shape index (κ2) is 5.57. The quantitative estimate of drug-likeness (QED) is 0.883. The van der Waals surface area contributed by atoms with Gasteiger partial charge < -0.3 is 10.1 Å². The molecule has 1 N–H and O–H groups in total. The summed E-state index contributed by atoms with van der Waals surface area (Å²) in [5, 5.41) is 4.06. The van der Waals surface area contributed by atoms with Gasteiger partial charge in [-0.15, -0.1) is 0 Å². The predicted octanol–water partition coefficient (Wildman–Crippen LogP) is 2.76. The molecule has 26 heavy (non-hydrogen) atoms. The molecule has 0 radical (unpaired) electrons. The van der Waals surface area contributed by atoms with Crippen LogP contribution in [0.25, 0.3) is 10.2 Å². The first kappa shape index (κ1) is 15.2. The molecule has 3 aliphatic heterocycles. The van der Waals surface area contributed by atoms with E-state index in [0.717, 1.165) is 66.1 Å². The number of hydrogen-bond donors (Lipinski definition) is 1. The fourth-order valence-corrected chi connectivity index (χ4v) is 5.79. The zero-order valence-corrected chi connectivity index (χ0v) is 15.4. The largest absolute Gasteiger partial charge is 0.493 e. The highest BCUT2D eigenvalue weighted by atomic mass is 32.1. The van der Waals surface area contributed by atoms with Gasteiger partial charge in [-0.05, 0) is 44.4 Å². The molecule has 2 saturated heterocycles. The van der Waals surface area contributed by atoms with Crippen LogP contribution in [0.1, 0.15) is 31.2 Å². The maximum atomic E-state index is 12.8. The first-order valence-electron chi connectivity index (χ1n) is 9.67. The van der Waals surface area contributed by atoms with Crippen molar-refractivity contribution in [2.75, 3.05) is 24.6 Å². The van der Waals surface area contributed by atoms with Gasteiger partial charge >= 0.3 is 6.03 Å². The van der Waals surface area contributed by atoms with Crippen LogP contribution >= 0.6 is 11.3 Å². The first-order valence-corrected chi connectivity index (χ1v) is 10.5. The standard InChI is InChI=1S/C19H22N4O2S/c24-18-20-13-2-1-8-22(11-3-4-11)10-14(13)23(18)19-21-17-12-7-9-25-15(12)5-6-16(17)26-19/h5-6,11,13-14H,1-4,7-10H2,(H,20,24). The molecule has 1 aliphatic carbocycles. The van der Waals surface area contributed by atoms with Crippen LogP contribution < -0.4 is 15.0 Å². The van der Waals surface area contributed by atoms with Crippen molar-refractivity contribution in [2.45, 2.75) is 50.2 Å². The van der Waals surface area contributed by atoms with E-state index in [0.29, 0.717) is 0 Å². The molecule has 2 amide bonds. The van der Waals surface area contributed by atoms with Crippen molar-refractivity contribution in [3.8, 4) is 5.75 Å². The molecular weight excluding hydrogens is 348 g/mol. The number of hydrogen-bond acceptors (Lipinski definition) is 5. The van der Waals surface area contributed by atoms with E-state index in [9.17, 15) is 4.79 Å². The van der Waals surface area contributed by atoms with Crippen molar-refractivity contribution >= 4 is 32.7 Å². The second-order valence-electron chi connectivity index (χ2n) is 7.85. The number of benzene rings is 1. The van der Waals surface area contributed by atoms with Gasteiger partial charge in [0.15, 0.2) is 5.13 Å². The van der Waals surface area contributed by atoms with E-state index in [-0.39, 0.29) is 18.1 Å². The molecule has 2 atom stereocenters. The van der Waals surface area contributed by atoms with Gasteiger partial charge in [-0.25, -0.2) is 9.78 Å². The summed E-state index contributed by atoms with van der Waals surface area (Å²) in [6.45, 7) is 2.85. The van der Waals surface area contributed by atoms with E-state index >= 15 is 0 Å². The number of urea groups is 1. The van der Waals surface area contributed by atoms with Gasteiger partial charge in [-0.3, -0.25) is 9.80 Å². The Balaban J connectivity index is 1.39. The number of nitrogens with zero attached hydrogens (tertiary/aromatic N) is 3. The summed E-state index contributed by atoms with van der Waals surface area (Å²) in [5.74, 6) is 0.951. The highest BCUT2D eigenvalue weighted by molar-refractivity contribution is 7.22. The Bertz CT molecular complexity index is 893. The molecule has 0 spiro atoms. The summed E-state index contributed by atoms with van der Waals surface area (Å²) >= 11 is 1.63. The molecule has 136 valence electrons. The van der Waals surface area contributed by atoms with Crippen LogP contribution in [-0.2, 0) is 6.42 Å². The highest BCUT2D eigenvalue weighted by Crippen LogP contribution is 2.40. The average Bonchev–Trinajstić information content (AvgIpc) is 3.15. The lowest BCUT2D eigenvalue weighted by atomic mass is 10.1. The summed E-state index contributed by atoms with van der Waals surface area (Å²) in [7, 11) is 0. The first-order chi connectivity index (χ1) is 12.8. The summed E-state index contributed by atoms with van der Waals surface area (Å²) in [6, 6.07) is 5.31. The lowest BCUT2D eigenvalue weighted by Crippen LogP contribution is -2.45. The van der Waals surface area contributed by atoms with Gasteiger partial charge in [-0.1, -0.05) is 11.3 Å². The molecular formula is C19H22N4O2S. The van der Waals surface area contributed by atoms with E-state index in [1.165, 1.54) is 18.4 Å². The summed E-state index contributed by atoms with van der Waals surface area (Å²) in [6.07, 6.45) is 5.75. The maximum Gasteiger partial charge on any atom is 0.324 e. The molecule has 4 aliphatic rings. The van der Waals surface area contributed by atoms with Crippen molar-refractivity contribution in [1.82, 2.24) is 15.2 Å². The van der Waals surface area contributed by atoms with Crippen LogP contribution in [-0.4, -0.2) is 53.7 Å². The van der Waals surface area contributed by atoms with E-state index in [2.05, 4.69) is 16.3 Å². The van der Waals surface area contributed by atoms with Crippen LogP contribution in [0.2, 0.25) is 0 Å². The smallest absolute Gasteiger partial charge is 0.324 e. The molecule has 2 unspecified atom stereocenters. The minimum absolute atomic E-state index is 0.0181. The number of thiazole rings is 1. The Morgan fingerprint density at radius 2 is 2.19 bits per heavy atom. The third-order valence-corrected chi connectivity index (χ3v) is 7.22. The van der Waals surface area contributed by atoms with Gasteiger partial charge in [0.05, 0.1) is 28.9 Å². The monoisotopic (exact) mass is 370 g/mol. The Morgan fingerprint density at radius 3 is 3.08 bits per heavy atom. The number of amides is 2. The molecule has 2 aromatic rings. The molecule has 4 heterocycles. The van der Waals surface area contributed by atoms with Crippen molar-refractivity contribution in [3.05, 3.63) is 17.7 Å². The number of carbonyl (C=O) groups excluding carboxylic acids is 1. The van der Waals surface area contributed by atoms with E-state index < -0.39 is 0 Å². The van der Waals surface area contributed by atoms with Crippen LogP contribution in [0, 0.1) is 0 Å². The predicted molar refractivity (Wildman–Crippen MR) is 101 cm³/mol. The Hall–Kier alpha value is -1.86. The minimum Gasteiger partial charge on any atom is -0.493 e. The zero-order chi connectivity index (χ0) is 17.3. The molecule has 0 bridgehead atoms. The number of ether oxygens (including phenoxy) is 1. The minimum atomic E-state index is 0.0181. The number of anilines is 1. The maximum absolute atomic E-state index is 12.8. The lowest BCUT2D eigenvalue weighted by molar-refractivity contribution is 0.246. The molecule has 1 aromatic heterocycles. The third kappa shape index (κ3) is 2.26. The number of aromatic nitrogens is 1. The Labute approximate surface area is 156 Å². The van der Waals surface area contributed by atoms with Gasteiger partial charge in [-0.2, -0.15) is 0 Å². The van der Waals surface area contributed by atoms with Gasteiger partial charge in [0.1, 0.15) is 5.75 Å².